The van der Waals surface area contributed by atoms with Crippen LogP contribution in [-0.4, -0.2) is 5.54 Å². The summed E-state index contributed by atoms with van der Waals surface area (Å²) in [5.41, 5.74) is 7.23. The molecule has 14 heavy (non-hydrogen) atoms. The fourth-order valence-corrected chi connectivity index (χ4v) is 1.91. The van der Waals surface area contributed by atoms with Gasteiger partial charge in [0.2, 0.25) is 0 Å². The highest BCUT2D eigenvalue weighted by Crippen LogP contribution is 2.42. The molecule has 1 fully saturated rings. The molecule has 1 saturated carbocycles. The summed E-state index contributed by atoms with van der Waals surface area (Å²) in [5.74, 6) is 0. The molecule has 0 aromatic heterocycles. The molecule has 1 unspecified atom stereocenters. The van der Waals surface area contributed by atoms with Gasteiger partial charge in [-0.15, -0.1) is 0 Å². The van der Waals surface area contributed by atoms with Crippen LogP contribution in [-0.2, 0) is 0 Å². The lowest BCUT2D eigenvalue weighted by molar-refractivity contribution is 0.108. The first kappa shape index (κ1) is 9.66. The molecule has 0 aliphatic heterocycles. The van der Waals surface area contributed by atoms with Crippen LogP contribution in [0.3, 0.4) is 0 Å². The lowest BCUT2D eigenvalue weighted by atomic mass is 9.72. The van der Waals surface area contributed by atoms with E-state index in [2.05, 4.69) is 0 Å². The lowest BCUT2D eigenvalue weighted by Crippen LogP contribution is -2.50. The van der Waals surface area contributed by atoms with Gasteiger partial charge in [0.1, 0.15) is 6.17 Å². The van der Waals surface area contributed by atoms with Gasteiger partial charge < -0.3 is 5.73 Å². The molecule has 1 atom stereocenters. The van der Waals surface area contributed by atoms with Crippen molar-refractivity contribution in [1.82, 2.24) is 0 Å². The van der Waals surface area contributed by atoms with Gasteiger partial charge in [0.15, 0.2) is 0 Å². The van der Waals surface area contributed by atoms with Gasteiger partial charge in [-0.05, 0) is 31.7 Å². The van der Waals surface area contributed by atoms with E-state index in [0.717, 1.165) is 30.4 Å². The highest BCUT2D eigenvalue weighted by molar-refractivity contribution is 5.26. The molecular formula is C12H16FN. The summed E-state index contributed by atoms with van der Waals surface area (Å²) in [5, 5.41) is 0. The average molecular weight is 193 g/mol. The maximum atomic E-state index is 14.0. The summed E-state index contributed by atoms with van der Waals surface area (Å²) in [4.78, 5) is 0. The van der Waals surface area contributed by atoms with E-state index in [1.54, 1.807) is 0 Å². The minimum atomic E-state index is -1.00. The normalized spacial score (nSPS) is 21.4. The smallest absolute Gasteiger partial charge is 0.143 e. The quantitative estimate of drug-likeness (QED) is 0.767. The van der Waals surface area contributed by atoms with Crippen LogP contribution < -0.4 is 5.73 Å². The zero-order chi connectivity index (χ0) is 10.2. The van der Waals surface area contributed by atoms with Gasteiger partial charge in [-0.1, -0.05) is 29.8 Å². The van der Waals surface area contributed by atoms with E-state index in [-0.39, 0.29) is 0 Å². The first-order chi connectivity index (χ1) is 6.62. The summed E-state index contributed by atoms with van der Waals surface area (Å²) in [6.07, 6.45) is 1.67. The van der Waals surface area contributed by atoms with Crippen molar-refractivity contribution in [2.45, 2.75) is 37.9 Å². The van der Waals surface area contributed by atoms with Crippen LogP contribution in [0.4, 0.5) is 4.39 Å². The Labute approximate surface area is 84.1 Å². The monoisotopic (exact) mass is 193 g/mol. The highest BCUT2D eigenvalue weighted by atomic mass is 19.1. The maximum absolute atomic E-state index is 14.0. The van der Waals surface area contributed by atoms with Crippen molar-refractivity contribution < 1.29 is 4.39 Å². The number of aryl methyl sites for hydroxylation is 1. The Balaban J connectivity index is 2.18. The molecule has 2 heteroatoms. The van der Waals surface area contributed by atoms with E-state index in [1.807, 2.05) is 31.2 Å². The van der Waals surface area contributed by atoms with Crippen molar-refractivity contribution in [3.8, 4) is 0 Å². The van der Waals surface area contributed by atoms with Crippen LogP contribution in [0.2, 0.25) is 0 Å². The van der Waals surface area contributed by atoms with Crippen molar-refractivity contribution in [2.24, 2.45) is 5.73 Å². The van der Waals surface area contributed by atoms with Crippen LogP contribution in [0, 0.1) is 6.92 Å². The van der Waals surface area contributed by atoms with E-state index >= 15 is 0 Å². The Morgan fingerprint density at radius 3 is 2.29 bits per heavy atom. The Hall–Kier alpha value is -0.890. The second kappa shape index (κ2) is 3.35. The number of alkyl halides is 1. The van der Waals surface area contributed by atoms with Gasteiger partial charge in [-0.25, -0.2) is 4.39 Å². The summed E-state index contributed by atoms with van der Waals surface area (Å²) >= 11 is 0. The third-order valence-electron chi connectivity index (χ3n) is 3.16. The summed E-state index contributed by atoms with van der Waals surface area (Å²) in [6.45, 7) is 2.00. The molecule has 0 saturated heterocycles. The summed E-state index contributed by atoms with van der Waals surface area (Å²) in [6, 6.07) is 7.55. The fraction of sp³-hybridized carbons (Fsp3) is 0.500. The molecule has 0 radical (unpaired) electrons. The fourth-order valence-electron chi connectivity index (χ4n) is 1.91. The average Bonchev–Trinajstić information content (AvgIpc) is 2.14. The Morgan fingerprint density at radius 2 is 1.86 bits per heavy atom. The predicted octanol–water partition coefficient (Wildman–Crippen LogP) is 2.89. The predicted molar refractivity (Wildman–Crippen MR) is 55.8 cm³/mol. The van der Waals surface area contributed by atoms with E-state index in [0.29, 0.717) is 0 Å². The van der Waals surface area contributed by atoms with Crippen LogP contribution in [0.5, 0.6) is 0 Å². The van der Waals surface area contributed by atoms with Crippen LogP contribution in [0.25, 0.3) is 0 Å². The Kier molecular flexibility index (Phi) is 2.31. The number of hydrogen-bond acceptors (Lipinski definition) is 1. The Morgan fingerprint density at radius 1 is 1.29 bits per heavy atom. The van der Waals surface area contributed by atoms with Crippen LogP contribution >= 0.6 is 0 Å². The molecule has 1 nitrogen and oxygen atoms in total. The second-order valence-electron chi connectivity index (χ2n) is 4.36. The molecule has 2 N–H and O–H groups in total. The molecule has 0 heterocycles. The summed E-state index contributed by atoms with van der Waals surface area (Å²) in [7, 11) is 0. The molecule has 0 spiro atoms. The minimum absolute atomic E-state index is 0.588. The number of benzene rings is 1. The van der Waals surface area contributed by atoms with Crippen LogP contribution in [0.1, 0.15) is 36.6 Å². The van der Waals surface area contributed by atoms with Gasteiger partial charge in [0.25, 0.3) is 0 Å². The van der Waals surface area contributed by atoms with Crippen LogP contribution in [0.15, 0.2) is 24.3 Å². The zero-order valence-electron chi connectivity index (χ0n) is 8.46. The van der Waals surface area contributed by atoms with Gasteiger partial charge in [-0.3, -0.25) is 0 Å². The van der Waals surface area contributed by atoms with Gasteiger partial charge in [0, 0.05) is 0 Å². The van der Waals surface area contributed by atoms with Crippen molar-refractivity contribution in [3.63, 3.8) is 0 Å². The molecule has 1 aliphatic rings. The standard InChI is InChI=1S/C12H16FN/c1-9-3-5-10(6-4-9)11(13)12(14)7-2-8-12/h3-6,11H,2,7-8,14H2,1H3. The van der Waals surface area contributed by atoms with Gasteiger partial charge in [0.05, 0.1) is 5.54 Å². The van der Waals surface area contributed by atoms with E-state index in [4.69, 9.17) is 5.73 Å². The molecule has 1 aromatic carbocycles. The SMILES string of the molecule is Cc1ccc(C(F)C2(N)CCC2)cc1. The molecule has 0 bridgehead atoms. The number of rotatable bonds is 2. The summed E-state index contributed by atoms with van der Waals surface area (Å²) < 4.78 is 14.0. The van der Waals surface area contributed by atoms with Gasteiger partial charge in [-0.2, -0.15) is 0 Å². The zero-order valence-corrected chi connectivity index (χ0v) is 8.46. The van der Waals surface area contributed by atoms with E-state index in [9.17, 15) is 4.39 Å². The molecule has 1 aromatic rings. The molecular weight excluding hydrogens is 177 g/mol. The number of nitrogens with two attached hydrogens (primary N) is 1. The minimum Gasteiger partial charge on any atom is -0.322 e. The van der Waals surface area contributed by atoms with Crippen molar-refractivity contribution in [2.75, 3.05) is 0 Å². The van der Waals surface area contributed by atoms with E-state index < -0.39 is 11.7 Å². The first-order valence-corrected chi connectivity index (χ1v) is 5.11. The molecule has 2 rings (SSSR count). The number of halogens is 1. The molecule has 0 amide bonds. The van der Waals surface area contributed by atoms with Crippen molar-refractivity contribution in [3.05, 3.63) is 35.4 Å². The maximum Gasteiger partial charge on any atom is 0.143 e. The molecule has 76 valence electrons. The van der Waals surface area contributed by atoms with E-state index in [1.165, 1.54) is 0 Å². The van der Waals surface area contributed by atoms with Crippen molar-refractivity contribution in [1.29, 1.82) is 0 Å². The third-order valence-corrected chi connectivity index (χ3v) is 3.16. The molecule has 1 aliphatic carbocycles. The van der Waals surface area contributed by atoms with Crippen molar-refractivity contribution >= 4 is 0 Å². The largest absolute Gasteiger partial charge is 0.322 e. The van der Waals surface area contributed by atoms with Gasteiger partial charge >= 0.3 is 0 Å². The second-order valence-corrected chi connectivity index (χ2v) is 4.36. The highest BCUT2D eigenvalue weighted by Gasteiger charge is 2.41. The Bertz CT molecular complexity index is 314. The lowest BCUT2D eigenvalue weighted by Gasteiger charge is -2.40. The topological polar surface area (TPSA) is 26.0 Å². The first-order valence-electron chi connectivity index (χ1n) is 5.11. The number of hydrogen-bond donors (Lipinski definition) is 1. The third kappa shape index (κ3) is 1.55.